The van der Waals surface area contributed by atoms with Gasteiger partial charge in [-0.2, -0.15) is 0 Å². The molecule has 1 aromatic carbocycles. The first-order valence-corrected chi connectivity index (χ1v) is 6.07. The molecule has 0 atom stereocenters. The number of benzene rings is 1. The van der Waals surface area contributed by atoms with Crippen molar-refractivity contribution in [2.45, 2.75) is 13.2 Å². The molecule has 4 heteroatoms. The predicted molar refractivity (Wildman–Crippen MR) is 73.7 cm³/mol. The zero-order valence-electron chi connectivity index (χ0n) is 10.2. The van der Waals surface area contributed by atoms with Gasteiger partial charge in [0.2, 0.25) is 0 Å². The van der Waals surface area contributed by atoms with E-state index in [2.05, 4.69) is 16.4 Å². The summed E-state index contributed by atoms with van der Waals surface area (Å²) in [6, 6.07) is 10.0. The Labute approximate surface area is 112 Å². The quantitative estimate of drug-likeness (QED) is 0.896. The number of hydrogen-bond acceptors (Lipinski definition) is 3. The fourth-order valence-corrected chi connectivity index (χ4v) is 1.87. The van der Waals surface area contributed by atoms with Crippen molar-refractivity contribution >= 4 is 17.3 Å². The highest BCUT2D eigenvalue weighted by Gasteiger charge is 2.00. The third kappa shape index (κ3) is 3.45. The molecule has 0 bridgehead atoms. The first-order chi connectivity index (χ1) is 8.79. The van der Waals surface area contributed by atoms with Crippen molar-refractivity contribution in [3.05, 3.63) is 58.9 Å². The Hall–Kier alpha value is -1.58. The normalized spacial score (nSPS) is 10.3. The van der Waals surface area contributed by atoms with E-state index in [-0.39, 0.29) is 0 Å². The van der Waals surface area contributed by atoms with Crippen LogP contribution in [0.5, 0.6) is 0 Å². The highest BCUT2D eigenvalue weighted by atomic mass is 35.5. The Bertz CT molecular complexity index is 517. The van der Waals surface area contributed by atoms with E-state index in [0.29, 0.717) is 18.2 Å². The highest BCUT2D eigenvalue weighted by Crippen LogP contribution is 2.17. The molecule has 18 heavy (non-hydrogen) atoms. The van der Waals surface area contributed by atoms with Crippen LogP contribution in [0.25, 0.3) is 0 Å². The number of pyridine rings is 1. The molecule has 1 heterocycles. The van der Waals surface area contributed by atoms with Gasteiger partial charge in [-0.3, -0.25) is 4.98 Å². The number of aromatic nitrogens is 1. The lowest BCUT2D eigenvalue weighted by Crippen LogP contribution is -2.01. The number of anilines is 1. The molecule has 0 aliphatic heterocycles. The van der Waals surface area contributed by atoms with Crippen molar-refractivity contribution in [3.8, 4) is 0 Å². The predicted octanol–water partition coefficient (Wildman–Crippen LogP) is 3.49. The van der Waals surface area contributed by atoms with E-state index in [0.717, 1.165) is 16.8 Å². The summed E-state index contributed by atoms with van der Waals surface area (Å²) in [5.74, 6) is 0. The number of nitrogens with zero attached hydrogens (tertiary/aromatic N) is 1. The average Bonchev–Trinajstić information content (AvgIpc) is 2.39. The van der Waals surface area contributed by atoms with E-state index < -0.39 is 0 Å². The maximum Gasteiger partial charge on any atom is 0.0713 e. The van der Waals surface area contributed by atoms with E-state index >= 15 is 0 Å². The van der Waals surface area contributed by atoms with Crippen LogP contribution in [0.1, 0.15) is 11.1 Å². The van der Waals surface area contributed by atoms with Crippen LogP contribution in [-0.2, 0) is 17.9 Å². The number of methoxy groups -OCH3 is 1. The lowest BCUT2D eigenvalue weighted by molar-refractivity contribution is 0.185. The van der Waals surface area contributed by atoms with Gasteiger partial charge in [0.25, 0.3) is 0 Å². The van der Waals surface area contributed by atoms with Crippen molar-refractivity contribution in [1.82, 2.24) is 4.98 Å². The van der Waals surface area contributed by atoms with Crippen molar-refractivity contribution in [3.63, 3.8) is 0 Å². The van der Waals surface area contributed by atoms with E-state index in [1.807, 2.05) is 24.3 Å². The van der Waals surface area contributed by atoms with Gasteiger partial charge in [-0.15, -0.1) is 0 Å². The second-order valence-electron chi connectivity index (χ2n) is 3.95. The van der Waals surface area contributed by atoms with Crippen LogP contribution in [0.15, 0.2) is 42.7 Å². The number of nitrogens with one attached hydrogen (secondary N) is 1. The average molecular weight is 263 g/mol. The Balaban J connectivity index is 2.02. The van der Waals surface area contributed by atoms with Gasteiger partial charge in [0.1, 0.15) is 0 Å². The Morgan fingerprint density at radius 2 is 2.22 bits per heavy atom. The first-order valence-electron chi connectivity index (χ1n) is 5.70. The third-order valence-corrected chi connectivity index (χ3v) is 2.92. The third-order valence-electron chi connectivity index (χ3n) is 2.58. The summed E-state index contributed by atoms with van der Waals surface area (Å²) in [4.78, 5) is 3.96. The number of ether oxygens (including phenoxy) is 1. The van der Waals surface area contributed by atoms with Gasteiger partial charge < -0.3 is 10.1 Å². The molecule has 3 nitrogen and oxygen atoms in total. The minimum absolute atomic E-state index is 0.617. The van der Waals surface area contributed by atoms with Gasteiger partial charge in [-0.05, 0) is 29.3 Å². The van der Waals surface area contributed by atoms with Gasteiger partial charge in [0.15, 0.2) is 0 Å². The summed E-state index contributed by atoms with van der Waals surface area (Å²) in [5.41, 5.74) is 3.23. The van der Waals surface area contributed by atoms with Crippen LogP contribution in [0.2, 0.25) is 5.02 Å². The van der Waals surface area contributed by atoms with E-state index in [1.54, 1.807) is 19.5 Å². The zero-order chi connectivity index (χ0) is 12.8. The fraction of sp³-hybridized carbons (Fsp3) is 0.214. The molecule has 0 fully saturated rings. The molecule has 0 aliphatic rings. The summed E-state index contributed by atoms with van der Waals surface area (Å²) in [5, 5.41) is 4.01. The summed E-state index contributed by atoms with van der Waals surface area (Å²) in [6.07, 6.45) is 3.39. The number of rotatable bonds is 5. The molecule has 2 aromatic rings. The van der Waals surface area contributed by atoms with Gasteiger partial charge >= 0.3 is 0 Å². The zero-order valence-corrected chi connectivity index (χ0v) is 10.9. The van der Waals surface area contributed by atoms with Crippen molar-refractivity contribution in [1.29, 1.82) is 0 Å². The SMILES string of the molecule is COCc1cccc(NCc2ccncc2Cl)c1. The molecule has 1 N–H and O–H groups in total. The van der Waals surface area contributed by atoms with Gasteiger partial charge in [0.05, 0.1) is 11.6 Å². The highest BCUT2D eigenvalue weighted by molar-refractivity contribution is 6.31. The molecule has 2 rings (SSSR count). The van der Waals surface area contributed by atoms with Gasteiger partial charge in [-0.1, -0.05) is 23.7 Å². The Morgan fingerprint density at radius 1 is 1.33 bits per heavy atom. The van der Waals surface area contributed by atoms with E-state index in [9.17, 15) is 0 Å². The lowest BCUT2D eigenvalue weighted by atomic mass is 10.2. The minimum Gasteiger partial charge on any atom is -0.381 e. The molecular weight excluding hydrogens is 248 g/mol. The Morgan fingerprint density at radius 3 is 3.00 bits per heavy atom. The molecule has 0 spiro atoms. The molecule has 94 valence electrons. The standard InChI is InChI=1S/C14H15ClN2O/c1-18-10-11-3-2-4-13(7-11)17-8-12-5-6-16-9-14(12)15/h2-7,9,17H,8,10H2,1H3. The molecule has 0 radical (unpaired) electrons. The largest absolute Gasteiger partial charge is 0.381 e. The van der Waals surface area contributed by atoms with Crippen LogP contribution in [0, 0.1) is 0 Å². The number of hydrogen-bond donors (Lipinski definition) is 1. The Kier molecular flexibility index (Phi) is 4.56. The number of halogens is 1. The van der Waals surface area contributed by atoms with E-state index in [1.165, 1.54) is 0 Å². The lowest BCUT2D eigenvalue weighted by Gasteiger charge is -2.09. The van der Waals surface area contributed by atoms with Crippen LogP contribution in [0.3, 0.4) is 0 Å². The van der Waals surface area contributed by atoms with Gasteiger partial charge in [0, 0.05) is 31.7 Å². The maximum absolute atomic E-state index is 6.05. The van der Waals surface area contributed by atoms with Crippen molar-refractivity contribution in [2.75, 3.05) is 12.4 Å². The second kappa shape index (κ2) is 6.38. The molecular formula is C14H15ClN2O. The van der Waals surface area contributed by atoms with Crippen molar-refractivity contribution in [2.24, 2.45) is 0 Å². The van der Waals surface area contributed by atoms with E-state index in [4.69, 9.17) is 16.3 Å². The smallest absolute Gasteiger partial charge is 0.0713 e. The van der Waals surface area contributed by atoms with Gasteiger partial charge in [-0.25, -0.2) is 0 Å². The van der Waals surface area contributed by atoms with Crippen LogP contribution < -0.4 is 5.32 Å². The van der Waals surface area contributed by atoms with Crippen LogP contribution >= 0.6 is 11.6 Å². The fourth-order valence-electron chi connectivity index (χ4n) is 1.68. The summed E-state index contributed by atoms with van der Waals surface area (Å²) < 4.78 is 5.11. The summed E-state index contributed by atoms with van der Waals surface area (Å²) >= 11 is 6.05. The van der Waals surface area contributed by atoms with Crippen LogP contribution in [0.4, 0.5) is 5.69 Å². The topological polar surface area (TPSA) is 34.1 Å². The summed E-state index contributed by atoms with van der Waals surface area (Å²) in [7, 11) is 1.69. The molecule has 0 amide bonds. The second-order valence-corrected chi connectivity index (χ2v) is 4.36. The molecule has 0 unspecified atom stereocenters. The molecule has 0 saturated heterocycles. The van der Waals surface area contributed by atoms with Crippen LogP contribution in [-0.4, -0.2) is 12.1 Å². The molecule has 0 aliphatic carbocycles. The minimum atomic E-state index is 0.617. The first kappa shape index (κ1) is 12.9. The monoisotopic (exact) mass is 262 g/mol. The molecule has 1 aromatic heterocycles. The molecule has 0 saturated carbocycles. The summed E-state index contributed by atoms with van der Waals surface area (Å²) in [6.45, 7) is 1.29. The maximum atomic E-state index is 6.05. The van der Waals surface area contributed by atoms with Crippen molar-refractivity contribution < 1.29 is 4.74 Å².